The largest absolute Gasteiger partial charge is 0.490 e. The van der Waals surface area contributed by atoms with Crippen molar-refractivity contribution in [2.45, 2.75) is 25.9 Å². The molecule has 1 aromatic rings. The number of aryl methyl sites for hydroxylation is 1. The molecule has 1 heteroatoms. The summed E-state index contributed by atoms with van der Waals surface area (Å²) in [6.45, 7) is 2.12. The summed E-state index contributed by atoms with van der Waals surface area (Å²) in [5.74, 6) is 1.08. The van der Waals surface area contributed by atoms with E-state index in [-0.39, 0.29) is 0 Å². The second kappa shape index (κ2) is 2.57. The molecule has 1 aromatic carbocycles. The van der Waals surface area contributed by atoms with E-state index in [0.717, 1.165) is 18.6 Å². The van der Waals surface area contributed by atoms with Gasteiger partial charge in [0.1, 0.15) is 5.75 Å². The van der Waals surface area contributed by atoms with Crippen LogP contribution in [-0.2, 0) is 6.42 Å². The minimum Gasteiger partial charge on any atom is -0.490 e. The Morgan fingerprint density at radius 1 is 1.36 bits per heavy atom. The maximum absolute atomic E-state index is 5.63. The zero-order chi connectivity index (χ0) is 7.68. The third-order valence-corrected chi connectivity index (χ3v) is 2.12. The SMILES string of the molecule is C[C@H]1CCc2ccccc2O1. The lowest BCUT2D eigenvalue weighted by molar-refractivity contribution is 0.192. The molecule has 0 spiro atoms. The van der Waals surface area contributed by atoms with E-state index >= 15 is 0 Å². The molecule has 0 radical (unpaired) electrons. The zero-order valence-corrected chi connectivity index (χ0v) is 6.71. The molecule has 0 bridgehead atoms. The monoisotopic (exact) mass is 148 g/mol. The number of fused-ring (bicyclic) bond motifs is 1. The summed E-state index contributed by atoms with van der Waals surface area (Å²) in [7, 11) is 0. The van der Waals surface area contributed by atoms with Gasteiger partial charge in [0.05, 0.1) is 6.10 Å². The van der Waals surface area contributed by atoms with Gasteiger partial charge in [-0.05, 0) is 31.4 Å². The fourth-order valence-electron chi connectivity index (χ4n) is 1.46. The van der Waals surface area contributed by atoms with Crippen molar-refractivity contribution in [3.05, 3.63) is 29.8 Å². The topological polar surface area (TPSA) is 9.23 Å². The quantitative estimate of drug-likeness (QED) is 0.549. The van der Waals surface area contributed by atoms with Crippen molar-refractivity contribution < 1.29 is 4.74 Å². The molecule has 0 saturated carbocycles. The fourth-order valence-corrected chi connectivity index (χ4v) is 1.46. The normalized spacial score (nSPS) is 22.1. The van der Waals surface area contributed by atoms with Crippen molar-refractivity contribution in [3.63, 3.8) is 0 Å². The van der Waals surface area contributed by atoms with Gasteiger partial charge in [0.25, 0.3) is 0 Å². The van der Waals surface area contributed by atoms with E-state index in [4.69, 9.17) is 4.74 Å². The molecule has 11 heavy (non-hydrogen) atoms. The first-order valence-corrected chi connectivity index (χ1v) is 4.11. The second-order valence-electron chi connectivity index (χ2n) is 3.07. The summed E-state index contributed by atoms with van der Waals surface area (Å²) in [4.78, 5) is 0. The third kappa shape index (κ3) is 1.23. The van der Waals surface area contributed by atoms with Gasteiger partial charge >= 0.3 is 0 Å². The molecule has 58 valence electrons. The summed E-state index contributed by atoms with van der Waals surface area (Å²) in [5, 5.41) is 0. The van der Waals surface area contributed by atoms with Crippen molar-refractivity contribution in [1.82, 2.24) is 0 Å². The molecule has 0 aliphatic carbocycles. The molecular formula is C10H12O. The van der Waals surface area contributed by atoms with Crippen LogP contribution in [0.3, 0.4) is 0 Å². The van der Waals surface area contributed by atoms with Crippen LogP contribution in [0.4, 0.5) is 0 Å². The Balaban J connectivity index is 2.34. The Morgan fingerprint density at radius 2 is 2.18 bits per heavy atom. The molecule has 0 fully saturated rings. The van der Waals surface area contributed by atoms with Crippen LogP contribution < -0.4 is 4.74 Å². The zero-order valence-electron chi connectivity index (χ0n) is 6.71. The van der Waals surface area contributed by atoms with Crippen LogP contribution in [-0.4, -0.2) is 6.10 Å². The summed E-state index contributed by atoms with van der Waals surface area (Å²) in [6.07, 6.45) is 2.71. The van der Waals surface area contributed by atoms with Crippen molar-refractivity contribution >= 4 is 0 Å². The number of ether oxygens (including phenoxy) is 1. The lowest BCUT2D eigenvalue weighted by Crippen LogP contribution is -2.18. The molecule has 0 saturated heterocycles. The molecule has 1 aliphatic rings. The summed E-state index contributed by atoms with van der Waals surface area (Å²) in [5.41, 5.74) is 1.35. The number of hydrogen-bond donors (Lipinski definition) is 0. The van der Waals surface area contributed by atoms with Gasteiger partial charge in [-0.2, -0.15) is 0 Å². The van der Waals surface area contributed by atoms with Gasteiger partial charge in [-0.15, -0.1) is 0 Å². The molecule has 0 amide bonds. The highest BCUT2D eigenvalue weighted by atomic mass is 16.5. The lowest BCUT2D eigenvalue weighted by Gasteiger charge is -2.22. The minimum atomic E-state index is 0.393. The van der Waals surface area contributed by atoms with Crippen molar-refractivity contribution in [1.29, 1.82) is 0 Å². The van der Waals surface area contributed by atoms with Crippen LogP contribution >= 0.6 is 0 Å². The third-order valence-electron chi connectivity index (χ3n) is 2.12. The fraction of sp³-hybridized carbons (Fsp3) is 0.400. The molecular weight excluding hydrogens is 136 g/mol. The van der Waals surface area contributed by atoms with Gasteiger partial charge in [0.2, 0.25) is 0 Å². The molecule has 0 unspecified atom stereocenters. The van der Waals surface area contributed by atoms with Gasteiger partial charge < -0.3 is 4.74 Å². The first kappa shape index (κ1) is 6.71. The highest BCUT2D eigenvalue weighted by molar-refractivity contribution is 5.34. The van der Waals surface area contributed by atoms with Crippen LogP contribution in [0.15, 0.2) is 24.3 Å². The van der Waals surface area contributed by atoms with Crippen LogP contribution in [0.2, 0.25) is 0 Å². The van der Waals surface area contributed by atoms with E-state index in [1.165, 1.54) is 5.56 Å². The molecule has 0 aromatic heterocycles. The minimum absolute atomic E-state index is 0.393. The summed E-state index contributed by atoms with van der Waals surface area (Å²) in [6, 6.07) is 8.28. The van der Waals surface area contributed by atoms with Crippen molar-refractivity contribution in [2.24, 2.45) is 0 Å². The average Bonchev–Trinajstić information content (AvgIpc) is 2.04. The predicted molar refractivity (Wildman–Crippen MR) is 44.9 cm³/mol. The van der Waals surface area contributed by atoms with Crippen molar-refractivity contribution in [3.8, 4) is 5.75 Å². The van der Waals surface area contributed by atoms with E-state index in [0.29, 0.717) is 6.10 Å². The molecule has 1 heterocycles. The van der Waals surface area contributed by atoms with Crippen LogP contribution in [0.1, 0.15) is 18.9 Å². The summed E-state index contributed by atoms with van der Waals surface area (Å²) < 4.78 is 5.63. The number of benzene rings is 1. The second-order valence-corrected chi connectivity index (χ2v) is 3.07. The van der Waals surface area contributed by atoms with Gasteiger partial charge in [-0.25, -0.2) is 0 Å². The van der Waals surface area contributed by atoms with E-state index < -0.39 is 0 Å². The predicted octanol–water partition coefficient (Wildman–Crippen LogP) is 2.40. The Morgan fingerprint density at radius 3 is 3.09 bits per heavy atom. The van der Waals surface area contributed by atoms with Crippen LogP contribution in [0.25, 0.3) is 0 Å². The van der Waals surface area contributed by atoms with Crippen LogP contribution in [0, 0.1) is 0 Å². The van der Waals surface area contributed by atoms with Crippen LogP contribution in [0.5, 0.6) is 5.75 Å². The first-order chi connectivity index (χ1) is 5.36. The van der Waals surface area contributed by atoms with Crippen molar-refractivity contribution in [2.75, 3.05) is 0 Å². The van der Waals surface area contributed by atoms with Gasteiger partial charge in [0, 0.05) is 0 Å². The van der Waals surface area contributed by atoms with Gasteiger partial charge in [-0.3, -0.25) is 0 Å². The maximum atomic E-state index is 5.63. The lowest BCUT2D eigenvalue weighted by atomic mass is 10.0. The van der Waals surface area contributed by atoms with E-state index in [9.17, 15) is 0 Å². The molecule has 1 aliphatic heterocycles. The maximum Gasteiger partial charge on any atom is 0.122 e. The number of hydrogen-bond acceptors (Lipinski definition) is 1. The van der Waals surface area contributed by atoms with E-state index in [1.807, 2.05) is 12.1 Å². The van der Waals surface area contributed by atoms with Gasteiger partial charge in [-0.1, -0.05) is 18.2 Å². The van der Waals surface area contributed by atoms with E-state index in [2.05, 4.69) is 19.1 Å². The highest BCUT2D eigenvalue weighted by Gasteiger charge is 2.13. The standard InChI is InChI=1S/C10H12O/c1-8-6-7-9-4-2-3-5-10(9)11-8/h2-5,8H,6-7H2,1H3/t8-/m0/s1. The van der Waals surface area contributed by atoms with Gasteiger partial charge in [0.15, 0.2) is 0 Å². The highest BCUT2D eigenvalue weighted by Crippen LogP contribution is 2.26. The number of rotatable bonds is 0. The molecule has 2 rings (SSSR count). The Hall–Kier alpha value is -0.980. The molecule has 1 atom stereocenters. The first-order valence-electron chi connectivity index (χ1n) is 4.11. The molecule has 0 N–H and O–H groups in total. The van der Waals surface area contributed by atoms with E-state index in [1.54, 1.807) is 0 Å². The molecule has 1 nitrogen and oxygen atoms in total. The Kier molecular flexibility index (Phi) is 1.57. The smallest absolute Gasteiger partial charge is 0.122 e. The number of para-hydroxylation sites is 1. The summed E-state index contributed by atoms with van der Waals surface area (Å²) >= 11 is 0. The Bertz CT molecular complexity index is 255. The average molecular weight is 148 g/mol. The Labute approximate surface area is 67.0 Å².